The Balaban J connectivity index is 2.05. The van der Waals surface area contributed by atoms with Crippen molar-refractivity contribution in [2.75, 3.05) is 11.9 Å². The summed E-state index contributed by atoms with van der Waals surface area (Å²) in [7, 11) is 0. The summed E-state index contributed by atoms with van der Waals surface area (Å²) < 4.78 is 5.46. The number of aromatic nitrogens is 2. The molecule has 0 radical (unpaired) electrons. The van der Waals surface area contributed by atoms with E-state index in [0.717, 1.165) is 18.5 Å². The second-order valence-electron chi connectivity index (χ2n) is 4.38. The Kier molecular flexibility index (Phi) is 5.23. The van der Waals surface area contributed by atoms with Crippen LogP contribution in [0.1, 0.15) is 24.8 Å². The Labute approximate surface area is 127 Å². The fourth-order valence-electron chi connectivity index (χ4n) is 1.60. The first kappa shape index (κ1) is 15.1. The maximum Gasteiger partial charge on any atom is 0.320 e. The first-order chi connectivity index (χ1) is 9.60. The highest BCUT2D eigenvalue weighted by atomic mass is 35.5. The molecule has 0 aliphatic carbocycles. The highest BCUT2D eigenvalue weighted by Crippen LogP contribution is 2.30. The first-order valence-corrected chi connectivity index (χ1v) is 7.11. The average Bonchev–Trinajstić information content (AvgIpc) is 2.84. The van der Waals surface area contributed by atoms with Gasteiger partial charge in [-0.25, -0.2) is 0 Å². The van der Waals surface area contributed by atoms with Crippen LogP contribution in [0, 0.1) is 6.92 Å². The number of hydrogen-bond donors (Lipinski definition) is 2. The van der Waals surface area contributed by atoms with Crippen molar-refractivity contribution in [1.82, 2.24) is 15.5 Å². The van der Waals surface area contributed by atoms with E-state index in [1.165, 1.54) is 0 Å². The number of aryl methyl sites for hydroxylation is 1. The van der Waals surface area contributed by atoms with Gasteiger partial charge < -0.3 is 15.1 Å². The van der Waals surface area contributed by atoms with Crippen LogP contribution >= 0.6 is 23.2 Å². The van der Waals surface area contributed by atoms with Gasteiger partial charge in [0, 0.05) is 5.02 Å². The second-order valence-corrected chi connectivity index (χ2v) is 5.20. The summed E-state index contributed by atoms with van der Waals surface area (Å²) in [5, 5.41) is 15.2. The summed E-state index contributed by atoms with van der Waals surface area (Å²) >= 11 is 12.2. The van der Waals surface area contributed by atoms with Crippen molar-refractivity contribution < 1.29 is 4.42 Å². The van der Waals surface area contributed by atoms with Crippen LogP contribution < -0.4 is 10.6 Å². The van der Waals surface area contributed by atoms with Gasteiger partial charge in [0.1, 0.15) is 0 Å². The molecule has 0 aliphatic heterocycles. The molecule has 7 heteroatoms. The molecule has 0 atom stereocenters. The van der Waals surface area contributed by atoms with E-state index < -0.39 is 0 Å². The fraction of sp³-hybridized carbons (Fsp3) is 0.385. The molecule has 1 heterocycles. The number of anilines is 2. The fourth-order valence-corrected chi connectivity index (χ4v) is 2.03. The average molecular weight is 315 g/mol. The van der Waals surface area contributed by atoms with Crippen molar-refractivity contribution in [2.45, 2.75) is 26.8 Å². The summed E-state index contributed by atoms with van der Waals surface area (Å²) in [6.07, 6.45) is 1.05. The standard InChI is InChI=1S/C13H16Cl2N4O/c1-3-4-16-7-12-18-19-13(20-12)17-11-6-9(14)8(2)5-10(11)15/h5-6,16H,3-4,7H2,1-2H3,(H,17,19). The number of benzene rings is 1. The van der Waals surface area contributed by atoms with Crippen LogP contribution in [0.4, 0.5) is 11.7 Å². The Hall–Kier alpha value is -1.30. The number of rotatable bonds is 6. The summed E-state index contributed by atoms with van der Waals surface area (Å²) in [6, 6.07) is 3.81. The molecule has 0 bridgehead atoms. The zero-order valence-corrected chi connectivity index (χ0v) is 12.8. The van der Waals surface area contributed by atoms with Crippen molar-refractivity contribution in [1.29, 1.82) is 0 Å². The number of halogens is 2. The molecule has 2 rings (SSSR count). The topological polar surface area (TPSA) is 63.0 Å². The third-order valence-corrected chi connectivity index (χ3v) is 3.38. The highest BCUT2D eigenvalue weighted by Gasteiger charge is 2.09. The van der Waals surface area contributed by atoms with E-state index in [4.69, 9.17) is 27.6 Å². The summed E-state index contributed by atoms with van der Waals surface area (Å²) in [4.78, 5) is 0. The molecule has 2 aromatic rings. The van der Waals surface area contributed by atoms with E-state index in [2.05, 4.69) is 27.8 Å². The molecule has 0 fully saturated rings. The van der Waals surface area contributed by atoms with Gasteiger partial charge in [-0.3, -0.25) is 0 Å². The van der Waals surface area contributed by atoms with Crippen molar-refractivity contribution in [3.8, 4) is 0 Å². The Bertz CT molecular complexity index is 586. The lowest BCUT2D eigenvalue weighted by Crippen LogP contribution is -2.13. The van der Waals surface area contributed by atoms with Crippen molar-refractivity contribution in [3.63, 3.8) is 0 Å². The molecule has 5 nitrogen and oxygen atoms in total. The minimum atomic E-state index is 0.292. The van der Waals surface area contributed by atoms with E-state index in [9.17, 15) is 0 Å². The second kappa shape index (κ2) is 6.92. The molecule has 0 saturated heterocycles. The molecule has 1 aromatic carbocycles. The predicted molar refractivity (Wildman–Crippen MR) is 80.8 cm³/mol. The van der Waals surface area contributed by atoms with E-state index in [0.29, 0.717) is 34.2 Å². The van der Waals surface area contributed by atoms with Crippen molar-refractivity contribution in [2.24, 2.45) is 0 Å². The lowest BCUT2D eigenvalue weighted by atomic mass is 10.2. The third kappa shape index (κ3) is 3.85. The molecule has 2 N–H and O–H groups in total. The summed E-state index contributed by atoms with van der Waals surface area (Å²) in [5.41, 5.74) is 1.55. The quantitative estimate of drug-likeness (QED) is 0.791. The first-order valence-electron chi connectivity index (χ1n) is 6.36. The maximum absolute atomic E-state index is 6.14. The molecular weight excluding hydrogens is 299 g/mol. The molecular formula is C13H16Cl2N4O. The largest absolute Gasteiger partial charge is 0.406 e. The maximum atomic E-state index is 6.14. The van der Waals surface area contributed by atoms with Gasteiger partial charge in [-0.15, -0.1) is 5.10 Å². The Morgan fingerprint density at radius 1 is 1.20 bits per heavy atom. The summed E-state index contributed by atoms with van der Waals surface area (Å²) in [6.45, 7) is 5.44. The van der Waals surface area contributed by atoms with Gasteiger partial charge in [-0.1, -0.05) is 35.2 Å². The van der Waals surface area contributed by atoms with Gasteiger partial charge in [0.05, 0.1) is 17.3 Å². The molecule has 0 unspecified atom stereocenters. The normalized spacial score (nSPS) is 10.8. The highest BCUT2D eigenvalue weighted by molar-refractivity contribution is 6.35. The Morgan fingerprint density at radius 3 is 2.75 bits per heavy atom. The van der Waals surface area contributed by atoms with Crippen LogP contribution in [0.25, 0.3) is 0 Å². The smallest absolute Gasteiger partial charge is 0.320 e. The molecule has 0 aliphatic rings. The SMILES string of the molecule is CCCNCc1nnc(Nc2cc(Cl)c(C)cc2Cl)o1. The van der Waals surface area contributed by atoms with Crippen LogP contribution in [0.5, 0.6) is 0 Å². The van der Waals surface area contributed by atoms with Gasteiger partial charge in [-0.2, -0.15) is 0 Å². The van der Waals surface area contributed by atoms with Crippen molar-refractivity contribution in [3.05, 3.63) is 33.6 Å². The predicted octanol–water partition coefficient (Wildman–Crippen LogP) is 3.93. The van der Waals surface area contributed by atoms with Gasteiger partial charge in [-0.05, 0) is 37.6 Å². The van der Waals surface area contributed by atoms with Crippen LogP contribution in [0.3, 0.4) is 0 Å². The van der Waals surface area contributed by atoms with Crippen LogP contribution in [0.2, 0.25) is 10.0 Å². The number of nitrogens with one attached hydrogen (secondary N) is 2. The van der Waals surface area contributed by atoms with E-state index in [1.54, 1.807) is 12.1 Å². The van der Waals surface area contributed by atoms with E-state index >= 15 is 0 Å². The molecule has 0 saturated carbocycles. The van der Waals surface area contributed by atoms with Crippen molar-refractivity contribution >= 4 is 34.9 Å². The lowest BCUT2D eigenvalue weighted by molar-refractivity contribution is 0.479. The monoisotopic (exact) mass is 314 g/mol. The minimum absolute atomic E-state index is 0.292. The summed E-state index contributed by atoms with van der Waals surface area (Å²) in [5.74, 6) is 0.523. The van der Waals surface area contributed by atoms with E-state index in [1.807, 2.05) is 6.92 Å². The van der Waals surface area contributed by atoms with Crippen LogP contribution in [0.15, 0.2) is 16.5 Å². The van der Waals surface area contributed by atoms with Gasteiger partial charge in [0.2, 0.25) is 5.89 Å². The van der Waals surface area contributed by atoms with Gasteiger partial charge in [0.15, 0.2) is 0 Å². The lowest BCUT2D eigenvalue weighted by Gasteiger charge is -2.06. The zero-order chi connectivity index (χ0) is 14.5. The van der Waals surface area contributed by atoms with Gasteiger partial charge >= 0.3 is 6.01 Å². The number of hydrogen-bond acceptors (Lipinski definition) is 5. The molecule has 0 amide bonds. The zero-order valence-electron chi connectivity index (χ0n) is 11.3. The van der Waals surface area contributed by atoms with Gasteiger partial charge in [0.25, 0.3) is 0 Å². The number of nitrogens with zero attached hydrogens (tertiary/aromatic N) is 2. The van der Waals surface area contributed by atoms with E-state index in [-0.39, 0.29) is 0 Å². The minimum Gasteiger partial charge on any atom is -0.406 e. The molecule has 108 valence electrons. The molecule has 1 aromatic heterocycles. The Morgan fingerprint density at radius 2 is 2.00 bits per heavy atom. The molecule has 0 spiro atoms. The third-order valence-electron chi connectivity index (χ3n) is 2.66. The van der Waals surface area contributed by atoms with Crippen LogP contribution in [-0.4, -0.2) is 16.7 Å². The molecule has 20 heavy (non-hydrogen) atoms. The van der Waals surface area contributed by atoms with Crippen LogP contribution in [-0.2, 0) is 6.54 Å².